The van der Waals surface area contributed by atoms with Crippen molar-refractivity contribution in [2.45, 2.75) is 37.8 Å². The summed E-state index contributed by atoms with van der Waals surface area (Å²) in [4.78, 5) is 27.0. The van der Waals surface area contributed by atoms with Crippen molar-refractivity contribution in [1.82, 2.24) is 25.2 Å². The maximum absolute atomic E-state index is 13.3. The molecule has 4 rings (SSSR count). The van der Waals surface area contributed by atoms with Crippen molar-refractivity contribution >= 4 is 11.9 Å². The van der Waals surface area contributed by atoms with Crippen molar-refractivity contribution < 1.29 is 32.2 Å². The van der Waals surface area contributed by atoms with Crippen LogP contribution in [-0.2, 0) is 28.8 Å². The lowest BCUT2D eigenvalue weighted by molar-refractivity contribution is -0.137. The highest BCUT2D eigenvalue weighted by Crippen LogP contribution is 2.32. The van der Waals surface area contributed by atoms with Crippen molar-refractivity contribution in [2.75, 3.05) is 20.8 Å². The molecule has 0 unspecified atom stereocenters. The first-order chi connectivity index (χ1) is 17.7. The van der Waals surface area contributed by atoms with Crippen LogP contribution < -0.4 is 10.1 Å². The predicted octanol–water partition coefficient (Wildman–Crippen LogP) is 3.22. The zero-order chi connectivity index (χ0) is 26.6. The second kappa shape index (κ2) is 11.0. The Bertz CT molecular complexity index is 1260. The van der Waals surface area contributed by atoms with E-state index in [9.17, 15) is 22.8 Å². The third-order valence-corrected chi connectivity index (χ3v) is 6.25. The lowest BCUT2D eigenvalue weighted by atomic mass is 10.1. The van der Waals surface area contributed by atoms with E-state index < -0.39 is 23.8 Å². The molecule has 1 saturated heterocycles. The number of carbonyl (C=O) groups excluding carboxylic acids is 2. The highest BCUT2D eigenvalue weighted by atomic mass is 19.4. The first kappa shape index (κ1) is 26.1. The van der Waals surface area contributed by atoms with E-state index in [0.717, 1.165) is 17.7 Å². The number of nitrogens with one attached hydrogen (secondary N) is 1. The molecule has 37 heavy (non-hydrogen) atoms. The summed E-state index contributed by atoms with van der Waals surface area (Å²) < 4.78 is 50.9. The summed E-state index contributed by atoms with van der Waals surface area (Å²) in [7, 11) is 2.81. The molecule has 9 nitrogen and oxygen atoms in total. The molecule has 1 aromatic heterocycles. The molecular weight excluding hydrogens is 491 g/mol. The molecule has 1 amide bonds. The van der Waals surface area contributed by atoms with Gasteiger partial charge in [0.25, 0.3) is 0 Å². The summed E-state index contributed by atoms with van der Waals surface area (Å²) in [6, 6.07) is 11.4. The van der Waals surface area contributed by atoms with Crippen molar-refractivity contribution in [1.29, 1.82) is 0 Å². The van der Waals surface area contributed by atoms with Crippen LogP contribution in [0.1, 0.15) is 39.6 Å². The molecule has 12 heteroatoms. The summed E-state index contributed by atoms with van der Waals surface area (Å²) in [6.07, 6.45) is -2.64. The van der Waals surface area contributed by atoms with Crippen LogP contribution in [0.3, 0.4) is 0 Å². The number of alkyl halides is 3. The van der Waals surface area contributed by atoms with Crippen molar-refractivity contribution in [3.05, 3.63) is 77.1 Å². The fourth-order valence-electron chi connectivity index (χ4n) is 4.39. The Balaban J connectivity index is 1.53. The van der Waals surface area contributed by atoms with Gasteiger partial charge < -0.3 is 14.8 Å². The number of amides is 1. The van der Waals surface area contributed by atoms with E-state index in [2.05, 4.69) is 20.4 Å². The number of rotatable bonds is 8. The van der Waals surface area contributed by atoms with Gasteiger partial charge in [-0.3, -0.25) is 9.69 Å². The minimum absolute atomic E-state index is 0.0521. The summed E-state index contributed by atoms with van der Waals surface area (Å²) in [5.41, 5.74) is 0.491. The molecule has 196 valence electrons. The lowest BCUT2D eigenvalue weighted by Crippen LogP contribution is -2.42. The summed E-state index contributed by atoms with van der Waals surface area (Å²) in [5, 5.41) is 10.7. The van der Waals surface area contributed by atoms with Crippen LogP contribution in [0.15, 0.2) is 54.7 Å². The van der Waals surface area contributed by atoms with Gasteiger partial charge in [-0.2, -0.15) is 13.2 Å². The molecule has 2 aromatic carbocycles. The van der Waals surface area contributed by atoms with E-state index >= 15 is 0 Å². The standard InChI is InChI=1S/C25H26F3N5O4/c1-36-22-9-4-3-7-17(22)13-32-14-19(33-15-20(30-31-33)24(35)37-2)11-21(32)23(34)29-12-16-6-5-8-18(10-16)25(26,27)28/h3-10,15,19,21H,11-14H2,1-2H3,(H,29,34)/t19-,21+/m1/s1. The van der Waals surface area contributed by atoms with Gasteiger partial charge in [0.2, 0.25) is 5.91 Å². The van der Waals surface area contributed by atoms with Crippen LogP contribution in [0.5, 0.6) is 5.75 Å². The molecule has 1 N–H and O–H groups in total. The number of aromatic nitrogens is 3. The van der Waals surface area contributed by atoms with Gasteiger partial charge in [-0.25, -0.2) is 9.48 Å². The van der Waals surface area contributed by atoms with Gasteiger partial charge in [0, 0.05) is 25.2 Å². The van der Waals surface area contributed by atoms with Crippen molar-refractivity contribution in [3.8, 4) is 5.75 Å². The third-order valence-electron chi connectivity index (χ3n) is 6.25. The van der Waals surface area contributed by atoms with Gasteiger partial charge in [-0.15, -0.1) is 5.10 Å². The third kappa shape index (κ3) is 6.08. The minimum Gasteiger partial charge on any atom is -0.496 e. The summed E-state index contributed by atoms with van der Waals surface area (Å²) >= 11 is 0. The monoisotopic (exact) mass is 517 g/mol. The molecule has 0 saturated carbocycles. The van der Waals surface area contributed by atoms with Crippen LogP contribution in [0.25, 0.3) is 0 Å². The van der Waals surface area contributed by atoms with E-state index in [1.807, 2.05) is 29.2 Å². The van der Waals surface area contributed by atoms with Crippen LogP contribution in [0, 0.1) is 0 Å². The van der Waals surface area contributed by atoms with Crippen LogP contribution in [-0.4, -0.2) is 58.6 Å². The molecule has 1 aliphatic heterocycles. The summed E-state index contributed by atoms with van der Waals surface area (Å²) in [6.45, 7) is 0.757. The molecule has 0 aliphatic carbocycles. The number of hydrogen-bond donors (Lipinski definition) is 1. The number of carbonyl (C=O) groups is 2. The number of methoxy groups -OCH3 is 2. The van der Waals surface area contributed by atoms with E-state index in [0.29, 0.717) is 30.8 Å². The van der Waals surface area contributed by atoms with E-state index in [4.69, 9.17) is 4.74 Å². The van der Waals surface area contributed by atoms with Crippen LogP contribution in [0.4, 0.5) is 13.2 Å². The number of halogens is 3. The number of esters is 1. The van der Waals surface area contributed by atoms with Gasteiger partial charge in [0.15, 0.2) is 5.69 Å². The SMILES string of the molecule is COC(=O)c1cn([C@@H]2C[C@@H](C(=O)NCc3cccc(C(F)(F)F)c3)N(Cc3ccccc3OC)C2)nn1. The van der Waals surface area contributed by atoms with Gasteiger partial charge in [-0.1, -0.05) is 35.5 Å². The number of nitrogens with zero attached hydrogens (tertiary/aromatic N) is 4. The largest absolute Gasteiger partial charge is 0.496 e. The Kier molecular flexibility index (Phi) is 7.77. The number of likely N-dealkylation sites (tertiary alicyclic amines) is 1. The Morgan fingerprint density at radius 2 is 1.92 bits per heavy atom. The Morgan fingerprint density at radius 3 is 2.65 bits per heavy atom. The number of ether oxygens (including phenoxy) is 2. The predicted molar refractivity (Wildman–Crippen MR) is 125 cm³/mol. The first-order valence-corrected chi connectivity index (χ1v) is 11.5. The molecule has 2 heterocycles. The molecule has 3 aromatic rings. The molecule has 2 atom stereocenters. The van der Waals surface area contributed by atoms with Gasteiger partial charge >= 0.3 is 12.1 Å². The van der Waals surface area contributed by atoms with Crippen molar-refractivity contribution in [2.24, 2.45) is 0 Å². The molecular formula is C25H26F3N5O4. The highest BCUT2D eigenvalue weighted by molar-refractivity contribution is 5.86. The second-order valence-electron chi connectivity index (χ2n) is 8.64. The quantitative estimate of drug-likeness (QED) is 0.458. The Labute approximate surface area is 211 Å². The Hall–Kier alpha value is -3.93. The normalized spacial score (nSPS) is 18.0. The zero-order valence-corrected chi connectivity index (χ0v) is 20.2. The van der Waals surface area contributed by atoms with E-state index in [-0.39, 0.29) is 24.2 Å². The van der Waals surface area contributed by atoms with Gasteiger partial charge in [0.05, 0.1) is 38.1 Å². The number of para-hydroxylation sites is 1. The average molecular weight is 518 g/mol. The molecule has 0 spiro atoms. The van der Waals surface area contributed by atoms with Crippen LogP contribution in [0.2, 0.25) is 0 Å². The van der Waals surface area contributed by atoms with Crippen molar-refractivity contribution in [3.63, 3.8) is 0 Å². The van der Waals surface area contributed by atoms with Crippen LogP contribution >= 0.6 is 0 Å². The maximum atomic E-state index is 13.3. The zero-order valence-electron chi connectivity index (χ0n) is 20.2. The molecule has 1 fully saturated rings. The van der Waals surface area contributed by atoms with E-state index in [1.165, 1.54) is 30.1 Å². The number of benzene rings is 2. The Morgan fingerprint density at radius 1 is 1.14 bits per heavy atom. The second-order valence-corrected chi connectivity index (χ2v) is 8.64. The lowest BCUT2D eigenvalue weighted by Gasteiger charge is -2.24. The topological polar surface area (TPSA) is 98.6 Å². The fourth-order valence-corrected chi connectivity index (χ4v) is 4.39. The summed E-state index contributed by atoms with van der Waals surface area (Å²) in [5.74, 6) is -0.281. The first-order valence-electron chi connectivity index (χ1n) is 11.5. The fraction of sp³-hybridized carbons (Fsp3) is 0.360. The van der Waals surface area contributed by atoms with Gasteiger partial charge in [0.1, 0.15) is 5.75 Å². The average Bonchev–Trinajstić information content (AvgIpc) is 3.54. The minimum atomic E-state index is -4.47. The molecule has 1 aliphatic rings. The maximum Gasteiger partial charge on any atom is 0.416 e. The number of hydrogen-bond acceptors (Lipinski definition) is 7. The smallest absolute Gasteiger partial charge is 0.416 e. The molecule has 0 bridgehead atoms. The van der Waals surface area contributed by atoms with E-state index in [1.54, 1.807) is 7.11 Å². The highest BCUT2D eigenvalue weighted by Gasteiger charge is 2.39. The molecule has 0 radical (unpaired) electrons. The van der Waals surface area contributed by atoms with Gasteiger partial charge in [-0.05, 0) is 30.2 Å².